The number of benzene rings is 2. The van der Waals surface area contributed by atoms with Gasteiger partial charge in [0.25, 0.3) is 0 Å². The lowest BCUT2D eigenvalue weighted by Crippen LogP contribution is -2.28. The van der Waals surface area contributed by atoms with E-state index in [0.717, 1.165) is 5.56 Å². The summed E-state index contributed by atoms with van der Waals surface area (Å²) < 4.78 is 26.5. The molecule has 0 aliphatic carbocycles. The van der Waals surface area contributed by atoms with Crippen LogP contribution >= 0.6 is 11.6 Å². The largest absolute Gasteiger partial charge is 0.341 e. The highest BCUT2D eigenvalue weighted by Crippen LogP contribution is 2.20. The second kappa shape index (κ2) is 6.68. The van der Waals surface area contributed by atoms with E-state index >= 15 is 0 Å². The molecule has 0 atom stereocenters. The number of amides is 1. The van der Waals surface area contributed by atoms with Crippen molar-refractivity contribution in [2.45, 2.75) is 13.0 Å². The zero-order valence-corrected chi connectivity index (χ0v) is 12.2. The molecule has 0 N–H and O–H groups in total. The van der Waals surface area contributed by atoms with Crippen LogP contribution in [0.25, 0.3) is 0 Å². The SMILES string of the molecule is CN(Cc1ccc(F)cc1)C(=O)Cc1c(F)cccc1Cl. The van der Waals surface area contributed by atoms with Gasteiger partial charge in [0.1, 0.15) is 11.6 Å². The van der Waals surface area contributed by atoms with Crippen LogP contribution in [0.4, 0.5) is 8.78 Å². The van der Waals surface area contributed by atoms with Crippen LogP contribution in [-0.4, -0.2) is 17.9 Å². The van der Waals surface area contributed by atoms with Crippen LogP contribution in [-0.2, 0) is 17.8 Å². The number of likely N-dealkylation sites (N-methyl/N-ethyl adjacent to an activating group) is 1. The number of halogens is 3. The molecule has 0 saturated heterocycles. The van der Waals surface area contributed by atoms with Crippen molar-refractivity contribution in [3.05, 3.63) is 70.2 Å². The number of rotatable bonds is 4. The van der Waals surface area contributed by atoms with E-state index in [4.69, 9.17) is 11.6 Å². The first-order valence-corrected chi connectivity index (χ1v) is 6.76. The highest BCUT2D eigenvalue weighted by atomic mass is 35.5. The van der Waals surface area contributed by atoms with Crippen molar-refractivity contribution in [1.29, 1.82) is 0 Å². The number of carbonyl (C=O) groups is 1. The quantitative estimate of drug-likeness (QED) is 0.841. The molecule has 2 rings (SSSR count). The van der Waals surface area contributed by atoms with E-state index in [-0.39, 0.29) is 28.7 Å². The molecule has 110 valence electrons. The van der Waals surface area contributed by atoms with Gasteiger partial charge in [0.15, 0.2) is 0 Å². The Morgan fingerprint density at radius 2 is 1.81 bits per heavy atom. The topological polar surface area (TPSA) is 20.3 Å². The van der Waals surface area contributed by atoms with Crippen LogP contribution < -0.4 is 0 Å². The summed E-state index contributed by atoms with van der Waals surface area (Å²) in [6, 6.07) is 10.2. The van der Waals surface area contributed by atoms with Crippen LogP contribution in [0.2, 0.25) is 5.02 Å². The molecule has 0 radical (unpaired) electrons. The molecule has 0 saturated carbocycles. The van der Waals surface area contributed by atoms with Crippen molar-refractivity contribution in [3.63, 3.8) is 0 Å². The predicted octanol–water partition coefficient (Wildman–Crippen LogP) is 3.82. The molecule has 0 aromatic heterocycles. The van der Waals surface area contributed by atoms with E-state index < -0.39 is 5.82 Å². The van der Waals surface area contributed by atoms with Crippen molar-refractivity contribution in [1.82, 2.24) is 4.90 Å². The first-order chi connectivity index (χ1) is 9.97. The van der Waals surface area contributed by atoms with Crippen molar-refractivity contribution in [3.8, 4) is 0 Å². The molecule has 2 nitrogen and oxygen atoms in total. The van der Waals surface area contributed by atoms with Crippen molar-refractivity contribution in [2.75, 3.05) is 7.05 Å². The van der Waals surface area contributed by atoms with Crippen molar-refractivity contribution >= 4 is 17.5 Å². The van der Waals surface area contributed by atoms with E-state index in [0.29, 0.717) is 6.54 Å². The average Bonchev–Trinajstić information content (AvgIpc) is 2.45. The lowest BCUT2D eigenvalue weighted by molar-refractivity contribution is -0.129. The Labute approximate surface area is 127 Å². The maximum atomic E-state index is 13.6. The number of carbonyl (C=O) groups excluding carboxylic acids is 1. The van der Waals surface area contributed by atoms with E-state index in [2.05, 4.69) is 0 Å². The summed E-state index contributed by atoms with van der Waals surface area (Å²) in [6.45, 7) is 0.325. The highest BCUT2D eigenvalue weighted by molar-refractivity contribution is 6.31. The summed E-state index contributed by atoms with van der Waals surface area (Å²) in [6.07, 6.45) is -0.108. The Balaban J connectivity index is 2.04. The lowest BCUT2D eigenvalue weighted by Gasteiger charge is -2.18. The normalized spacial score (nSPS) is 10.5. The van der Waals surface area contributed by atoms with Gasteiger partial charge in [-0.05, 0) is 29.8 Å². The summed E-state index contributed by atoms with van der Waals surface area (Å²) in [5.74, 6) is -1.08. The van der Waals surface area contributed by atoms with Gasteiger partial charge in [-0.1, -0.05) is 29.8 Å². The summed E-state index contributed by atoms with van der Waals surface area (Å²) in [7, 11) is 1.61. The minimum atomic E-state index is -0.494. The molecule has 1 amide bonds. The molecule has 0 heterocycles. The smallest absolute Gasteiger partial charge is 0.227 e. The molecule has 0 unspecified atom stereocenters. The maximum Gasteiger partial charge on any atom is 0.227 e. The molecule has 2 aromatic rings. The molecule has 0 aliphatic heterocycles. The molecular weight excluding hydrogens is 296 g/mol. The summed E-state index contributed by atoms with van der Waals surface area (Å²) in [4.78, 5) is 13.6. The zero-order chi connectivity index (χ0) is 15.4. The standard InChI is InChI=1S/C16H14ClF2NO/c1-20(10-11-5-7-12(18)8-6-11)16(21)9-13-14(17)3-2-4-15(13)19/h2-8H,9-10H2,1H3. The molecule has 2 aromatic carbocycles. The zero-order valence-electron chi connectivity index (χ0n) is 11.4. The third-order valence-electron chi connectivity index (χ3n) is 3.15. The van der Waals surface area contributed by atoms with Crippen LogP contribution in [0.1, 0.15) is 11.1 Å². The molecule has 0 fully saturated rings. The molecule has 0 aliphatic rings. The van der Waals surface area contributed by atoms with E-state index in [1.165, 1.54) is 29.2 Å². The Bertz CT molecular complexity index is 623. The van der Waals surface area contributed by atoms with Crippen LogP contribution in [0.15, 0.2) is 42.5 Å². The second-order valence-corrected chi connectivity index (χ2v) is 5.16. The maximum absolute atomic E-state index is 13.6. The third-order valence-corrected chi connectivity index (χ3v) is 3.50. The second-order valence-electron chi connectivity index (χ2n) is 4.75. The monoisotopic (exact) mass is 309 g/mol. The molecule has 5 heteroatoms. The average molecular weight is 310 g/mol. The van der Waals surface area contributed by atoms with Gasteiger partial charge in [-0.2, -0.15) is 0 Å². The van der Waals surface area contributed by atoms with Gasteiger partial charge >= 0.3 is 0 Å². The van der Waals surface area contributed by atoms with Crippen molar-refractivity contribution in [2.24, 2.45) is 0 Å². The minimum Gasteiger partial charge on any atom is -0.341 e. The van der Waals surface area contributed by atoms with Gasteiger partial charge < -0.3 is 4.90 Å². The van der Waals surface area contributed by atoms with Gasteiger partial charge in [0, 0.05) is 24.2 Å². The fourth-order valence-electron chi connectivity index (χ4n) is 1.94. The highest BCUT2D eigenvalue weighted by Gasteiger charge is 2.15. The van der Waals surface area contributed by atoms with Gasteiger partial charge in [-0.25, -0.2) is 8.78 Å². The number of nitrogens with zero attached hydrogens (tertiary/aromatic N) is 1. The molecule has 21 heavy (non-hydrogen) atoms. The number of hydrogen-bond acceptors (Lipinski definition) is 1. The Kier molecular flexibility index (Phi) is 4.91. The predicted molar refractivity (Wildman–Crippen MR) is 78.0 cm³/mol. The summed E-state index contributed by atoms with van der Waals surface area (Å²) >= 11 is 5.90. The minimum absolute atomic E-state index is 0.108. The molecule has 0 spiro atoms. The Hall–Kier alpha value is -1.94. The molecular formula is C16H14ClF2NO. The van der Waals surface area contributed by atoms with Gasteiger partial charge in [-0.15, -0.1) is 0 Å². The first kappa shape index (κ1) is 15.4. The first-order valence-electron chi connectivity index (χ1n) is 6.38. The number of hydrogen-bond donors (Lipinski definition) is 0. The Morgan fingerprint density at radius 1 is 1.14 bits per heavy atom. The summed E-state index contributed by atoms with van der Waals surface area (Å²) in [5, 5.41) is 0.235. The van der Waals surface area contributed by atoms with Gasteiger partial charge in [0.05, 0.1) is 6.42 Å². The fourth-order valence-corrected chi connectivity index (χ4v) is 2.17. The van der Waals surface area contributed by atoms with Crippen LogP contribution in [0.3, 0.4) is 0 Å². The fraction of sp³-hybridized carbons (Fsp3) is 0.188. The lowest BCUT2D eigenvalue weighted by atomic mass is 10.1. The van der Waals surface area contributed by atoms with E-state index in [9.17, 15) is 13.6 Å². The van der Waals surface area contributed by atoms with Crippen LogP contribution in [0, 0.1) is 11.6 Å². The van der Waals surface area contributed by atoms with Gasteiger partial charge in [-0.3, -0.25) is 4.79 Å². The summed E-state index contributed by atoms with van der Waals surface area (Å²) in [5.41, 5.74) is 0.988. The van der Waals surface area contributed by atoms with E-state index in [1.54, 1.807) is 25.2 Å². The Morgan fingerprint density at radius 3 is 2.43 bits per heavy atom. The van der Waals surface area contributed by atoms with Gasteiger partial charge in [0.2, 0.25) is 5.91 Å². The van der Waals surface area contributed by atoms with E-state index in [1.807, 2.05) is 0 Å². The third kappa shape index (κ3) is 4.02. The van der Waals surface area contributed by atoms with Crippen LogP contribution in [0.5, 0.6) is 0 Å². The van der Waals surface area contributed by atoms with Crippen molar-refractivity contribution < 1.29 is 13.6 Å². The molecule has 0 bridgehead atoms.